The molecule has 7 nitrogen and oxygen atoms in total. The van der Waals surface area contributed by atoms with Crippen molar-refractivity contribution in [1.82, 2.24) is 9.55 Å². The molecule has 0 aliphatic carbocycles. The third-order valence-corrected chi connectivity index (χ3v) is 5.13. The van der Waals surface area contributed by atoms with Crippen molar-refractivity contribution in [3.8, 4) is 11.5 Å². The summed E-state index contributed by atoms with van der Waals surface area (Å²) in [5.41, 5.74) is 1.14. The van der Waals surface area contributed by atoms with Gasteiger partial charge in [-0.05, 0) is 43.2 Å². The fourth-order valence-corrected chi connectivity index (χ4v) is 3.69. The van der Waals surface area contributed by atoms with Crippen LogP contribution >= 0.6 is 0 Å². The van der Waals surface area contributed by atoms with E-state index in [2.05, 4.69) is 10.3 Å². The van der Waals surface area contributed by atoms with Gasteiger partial charge in [0.15, 0.2) is 11.5 Å². The Hall–Kier alpha value is -3.35. The number of hydrogen-bond acceptors (Lipinski definition) is 5. The number of ether oxygens (including phenoxy) is 2. The number of fused-ring (bicyclic) bond motifs is 3. The monoisotopic (exact) mass is 377 g/mol. The number of nitrogens with one attached hydrogen (secondary N) is 1. The molecule has 0 saturated heterocycles. The zero-order valence-electron chi connectivity index (χ0n) is 15.2. The molecular formula is C21H19N3O4. The van der Waals surface area contributed by atoms with Crippen molar-refractivity contribution in [3.63, 3.8) is 0 Å². The van der Waals surface area contributed by atoms with E-state index in [-0.39, 0.29) is 18.1 Å². The molecule has 0 fully saturated rings. The number of aromatic nitrogens is 2. The zero-order valence-corrected chi connectivity index (χ0v) is 15.2. The van der Waals surface area contributed by atoms with Crippen LogP contribution in [0.4, 0.5) is 5.69 Å². The maximum Gasteiger partial charge on any atom is 0.269 e. The standard InChI is InChI=1S/C21H19N3O4/c25-20(18-12-27-16-5-1-2-6-17(16)28-18)22-13-8-9-15-14(11-13)21(26)24-10-4-3-7-19(24)23-15/h1-2,5-6,8-9,11,18H,3-4,7,10,12H2,(H,22,25). The first kappa shape index (κ1) is 16.8. The Balaban J connectivity index is 1.40. The molecule has 3 heterocycles. The summed E-state index contributed by atoms with van der Waals surface area (Å²) in [5.74, 6) is 1.69. The van der Waals surface area contributed by atoms with Crippen LogP contribution in [0.15, 0.2) is 47.3 Å². The van der Waals surface area contributed by atoms with Crippen LogP contribution in [0, 0.1) is 0 Å². The van der Waals surface area contributed by atoms with E-state index in [0.29, 0.717) is 34.6 Å². The summed E-state index contributed by atoms with van der Waals surface area (Å²) >= 11 is 0. The van der Waals surface area contributed by atoms with Crippen LogP contribution in [-0.4, -0.2) is 28.2 Å². The van der Waals surface area contributed by atoms with Gasteiger partial charge in [-0.1, -0.05) is 12.1 Å². The van der Waals surface area contributed by atoms with Crippen molar-refractivity contribution in [2.45, 2.75) is 31.9 Å². The van der Waals surface area contributed by atoms with Crippen LogP contribution in [0.1, 0.15) is 18.7 Å². The number of amides is 1. The van der Waals surface area contributed by atoms with Gasteiger partial charge in [0.2, 0.25) is 6.10 Å². The molecule has 0 radical (unpaired) electrons. The van der Waals surface area contributed by atoms with E-state index in [4.69, 9.17) is 9.47 Å². The van der Waals surface area contributed by atoms with Crippen LogP contribution in [0.25, 0.3) is 10.9 Å². The second-order valence-corrected chi connectivity index (χ2v) is 7.03. The van der Waals surface area contributed by atoms with Crippen LogP contribution in [-0.2, 0) is 17.8 Å². The highest BCUT2D eigenvalue weighted by Gasteiger charge is 2.27. The van der Waals surface area contributed by atoms with E-state index in [0.717, 1.165) is 25.1 Å². The minimum absolute atomic E-state index is 0.0537. The van der Waals surface area contributed by atoms with Crippen molar-refractivity contribution in [3.05, 3.63) is 58.6 Å². The Bertz CT molecular complexity index is 1140. The normalized spacial score (nSPS) is 17.8. The highest BCUT2D eigenvalue weighted by molar-refractivity contribution is 5.96. The quantitative estimate of drug-likeness (QED) is 0.742. The Morgan fingerprint density at radius 1 is 1.14 bits per heavy atom. The van der Waals surface area contributed by atoms with Gasteiger partial charge in [0.25, 0.3) is 11.5 Å². The van der Waals surface area contributed by atoms with Gasteiger partial charge in [-0.25, -0.2) is 4.98 Å². The highest BCUT2D eigenvalue weighted by atomic mass is 16.6. The summed E-state index contributed by atoms with van der Waals surface area (Å²) in [7, 11) is 0. The van der Waals surface area contributed by atoms with Gasteiger partial charge in [-0.2, -0.15) is 0 Å². The Morgan fingerprint density at radius 2 is 2.00 bits per heavy atom. The van der Waals surface area contributed by atoms with Crippen LogP contribution in [0.3, 0.4) is 0 Å². The SMILES string of the molecule is O=C(Nc1ccc2nc3n(c(=O)c2c1)CCCC3)C1COc2ccccc2O1. The van der Waals surface area contributed by atoms with Crippen LogP contribution < -0.4 is 20.3 Å². The van der Waals surface area contributed by atoms with Gasteiger partial charge >= 0.3 is 0 Å². The molecule has 1 amide bonds. The lowest BCUT2D eigenvalue weighted by Gasteiger charge is -2.25. The van der Waals surface area contributed by atoms with E-state index >= 15 is 0 Å². The number of benzene rings is 2. The molecule has 7 heteroatoms. The average Bonchev–Trinajstić information content (AvgIpc) is 2.74. The lowest BCUT2D eigenvalue weighted by molar-refractivity contribution is -0.125. The molecule has 1 aromatic heterocycles. The van der Waals surface area contributed by atoms with E-state index in [1.165, 1.54) is 0 Å². The van der Waals surface area contributed by atoms with E-state index in [9.17, 15) is 9.59 Å². The molecule has 3 aromatic rings. The van der Waals surface area contributed by atoms with Crippen molar-refractivity contribution in [2.24, 2.45) is 0 Å². The van der Waals surface area contributed by atoms with Gasteiger partial charge in [0, 0.05) is 18.7 Å². The minimum Gasteiger partial charge on any atom is -0.485 e. The fraction of sp³-hybridized carbons (Fsp3) is 0.286. The topological polar surface area (TPSA) is 82.5 Å². The number of aryl methyl sites for hydroxylation is 1. The molecule has 0 bridgehead atoms. The van der Waals surface area contributed by atoms with Crippen LogP contribution in [0.5, 0.6) is 11.5 Å². The molecule has 142 valence electrons. The summed E-state index contributed by atoms with van der Waals surface area (Å²) < 4.78 is 13.1. The highest BCUT2D eigenvalue weighted by Crippen LogP contribution is 2.31. The van der Waals surface area contributed by atoms with Crippen molar-refractivity contribution in [1.29, 1.82) is 0 Å². The average molecular weight is 377 g/mol. The predicted molar refractivity (Wildman–Crippen MR) is 104 cm³/mol. The number of nitrogens with zero attached hydrogens (tertiary/aromatic N) is 2. The lowest BCUT2D eigenvalue weighted by atomic mass is 10.1. The molecule has 1 unspecified atom stereocenters. The second kappa shape index (κ2) is 6.67. The largest absolute Gasteiger partial charge is 0.485 e. The van der Waals surface area contributed by atoms with Crippen molar-refractivity contribution in [2.75, 3.05) is 11.9 Å². The van der Waals surface area contributed by atoms with E-state index < -0.39 is 6.10 Å². The first-order valence-electron chi connectivity index (χ1n) is 9.42. The summed E-state index contributed by atoms with van der Waals surface area (Å²) in [6, 6.07) is 12.5. The third-order valence-electron chi connectivity index (χ3n) is 5.13. The zero-order chi connectivity index (χ0) is 19.1. The van der Waals surface area contributed by atoms with Gasteiger partial charge < -0.3 is 14.8 Å². The van der Waals surface area contributed by atoms with Crippen molar-refractivity contribution < 1.29 is 14.3 Å². The van der Waals surface area contributed by atoms with Crippen LogP contribution in [0.2, 0.25) is 0 Å². The molecule has 0 spiro atoms. The van der Waals surface area contributed by atoms with Gasteiger partial charge in [-0.15, -0.1) is 0 Å². The predicted octanol–water partition coefficient (Wildman–Crippen LogP) is 2.51. The maximum atomic E-state index is 12.8. The van der Waals surface area contributed by atoms with E-state index in [1.807, 2.05) is 12.1 Å². The molecule has 28 heavy (non-hydrogen) atoms. The minimum atomic E-state index is -0.756. The smallest absolute Gasteiger partial charge is 0.269 e. The summed E-state index contributed by atoms with van der Waals surface area (Å²) in [6.07, 6.45) is 2.10. The third kappa shape index (κ3) is 2.89. The van der Waals surface area contributed by atoms with Crippen molar-refractivity contribution >= 4 is 22.5 Å². The Kier molecular flexibility index (Phi) is 4.00. The second-order valence-electron chi connectivity index (χ2n) is 7.03. The Labute approximate surface area is 160 Å². The maximum absolute atomic E-state index is 12.8. The van der Waals surface area contributed by atoms with E-state index in [1.54, 1.807) is 34.9 Å². The first-order valence-corrected chi connectivity index (χ1v) is 9.42. The number of hydrogen-bond donors (Lipinski definition) is 1. The molecule has 1 atom stereocenters. The summed E-state index contributed by atoms with van der Waals surface area (Å²) in [4.78, 5) is 30.0. The molecule has 2 aromatic carbocycles. The summed E-state index contributed by atoms with van der Waals surface area (Å²) in [6.45, 7) is 0.828. The van der Waals surface area contributed by atoms with Gasteiger partial charge in [0.1, 0.15) is 12.4 Å². The molecular weight excluding hydrogens is 358 g/mol. The molecule has 2 aliphatic rings. The fourth-order valence-electron chi connectivity index (χ4n) is 3.69. The molecule has 5 rings (SSSR count). The molecule has 2 aliphatic heterocycles. The number of rotatable bonds is 2. The lowest BCUT2D eigenvalue weighted by Crippen LogP contribution is -2.40. The first-order chi connectivity index (χ1) is 13.7. The summed E-state index contributed by atoms with van der Waals surface area (Å²) in [5, 5.41) is 3.33. The molecule has 1 N–H and O–H groups in total. The number of anilines is 1. The number of para-hydroxylation sites is 2. The van der Waals surface area contributed by atoms with Gasteiger partial charge in [0.05, 0.1) is 10.9 Å². The van der Waals surface area contributed by atoms with Gasteiger partial charge in [-0.3, -0.25) is 14.2 Å². The molecule has 0 saturated carbocycles. The number of carbonyl (C=O) groups excluding carboxylic acids is 1. The number of carbonyl (C=O) groups is 1. The Morgan fingerprint density at radius 3 is 2.89 bits per heavy atom.